The zero-order chi connectivity index (χ0) is 33.8. The monoisotopic (exact) mass is 766 g/mol. The molecule has 0 saturated carbocycles. The molecule has 0 fully saturated rings. The molecule has 3 aromatic heterocycles. The molecule has 4 heterocycles. The van der Waals surface area contributed by atoms with E-state index in [1.54, 1.807) is 0 Å². The Labute approximate surface area is 306 Å². The van der Waals surface area contributed by atoms with E-state index in [1.807, 2.05) is 30.3 Å². The summed E-state index contributed by atoms with van der Waals surface area (Å²) >= 11 is 2.49. The maximum Gasteiger partial charge on any atom is 0.235 e. The van der Waals surface area contributed by atoms with Gasteiger partial charge in [-0.15, -0.1) is 0 Å². The van der Waals surface area contributed by atoms with Crippen LogP contribution >= 0.6 is 22.6 Å². The molecular formula is C45H27IN4O. The van der Waals surface area contributed by atoms with Gasteiger partial charge in [0.25, 0.3) is 0 Å². The third-order valence-electron chi connectivity index (χ3n) is 10.4. The van der Waals surface area contributed by atoms with Crippen LogP contribution in [0.2, 0.25) is 0 Å². The Morgan fingerprint density at radius 2 is 1.25 bits per heavy atom. The summed E-state index contributed by atoms with van der Waals surface area (Å²) in [6.45, 7) is 2.18. The van der Waals surface area contributed by atoms with Crippen molar-refractivity contribution in [2.45, 2.75) is 6.92 Å². The maximum absolute atomic E-state index is 6.33. The van der Waals surface area contributed by atoms with Crippen molar-refractivity contribution in [3.05, 3.63) is 155 Å². The molecule has 0 saturated heterocycles. The van der Waals surface area contributed by atoms with Crippen molar-refractivity contribution in [1.82, 2.24) is 19.1 Å². The van der Waals surface area contributed by atoms with Crippen LogP contribution in [0.15, 0.2) is 146 Å². The van der Waals surface area contributed by atoms with Crippen molar-refractivity contribution >= 4 is 77.1 Å². The number of nitrogens with zero attached hydrogens (tertiary/aromatic N) is 4. The van der Waals surface area contributed by atoms with E-state index in [2.05, 4.69) is 154 Å². The van der Waals surface area contributed by atoms with Gasteiger partial charge in [-0.3, -0.25) is 4.57 Å². The highest BCUT2D eigenvalue weighted by atomic mass is 127. The normalized spacial score (nSPS) is 12.3. The van der Waals surface area contributed by atoms with Crippen LogP contribution in [0.1, 0.15) is 5.56 Å². The summed E-state index contributed by atoms with van der Waals surface area (Å²) in [7, 11) is 0. The lowest BCUT2D eigenvalue weighted by molar-refractivity contribution is 0.486. The smallest absolute Gasteiger partial charge is 0.235 e. The maximum atomic E-state index is 6.33. The molecule has 0 radical (unpaired) electrons. The SMILES string of the molecule is Cc1ccccc1-c1ccc(-n2c3ccccc3c3c2ccc2c4ccccc4n(-c4nc5c6c(cccc6n4)Oc4ccccc4-5)c23)cc1I. The van der Waals surface area contributed by atoms with Crippen molar-refractivity contribution in [2.24, 2.45) is 0 Å². The molecule has 240 valence electrons. The standard InChI is InChI=1S/C45H27IN4O/c1-26-11-2-3-12-28(26)29-22-21-27(25-34(29)46)49-37-18-8-5-14-32(37)41-38(49)24-23-31-30-13-4-7-17-36(30)50(44(31)41)45-47-35-16-10-20-40-42(35)43(48-45)33-15-6-9-19-39(33)51-40/h2-25H,1H3. The first kappa shape index (κ1) is 28.8. The zero-order valence-electron chi connectivity index (χ0n) is 27.4. The number of benzene rings is 7. The molecule has 5 nitrogen and oxygen atoms in total. The van der Waals surface area contributed by atoms with Crippen LogP contribution in [0.4, 0.5) is 0 Å². The second-order valence-electron chi connectivity index (χ2n) is 13.2. The van der Waals surface area contributed by atoms with E-state index >= 15 is 0 Å². The van der Waals surface area contributed by atoms with Gasteiger partial charge in [0.2, 0.25) is 5.95 Å². The van der Waals surface area contributed by atoms with Crippen LogP contribution in [0.5, 0.6) is 11.5 Å². The molecular weight excluding hydrogens is 739 g/mol. The number of para-hydroxylation sites is 3. The average Bonchev–Trinajstić information content (AvgIpc) is 3.68. The number of fused-ring (bicyclic) bond motifs is 9. The molecule has 0 spiro atoms. The molecule has 1 aliphatic rings. The summed E-state index contributed by atoms with van der Waals surface area (Å²) < 4.78 is 12.2. The minimum absolute atomic E-state index is 0.638. The van der Waals surface area contributed by atoms with E-state index in [1.165, 1.54) is 36.4 Å². The van der Waals surface area contributed by atoms with Crippen molar-refractivity contribution in [3.63, 3.8) is 0 Å². The third-order valence-corrected chi connectivity index (χ3v) is 11.2. The molecule has 0 bridgehead atoms. The Hall–Kier alpha value is -5.99. The van der Waals surface area contributed by atoms with Crippen molar-refractivity contribution in [1.29, 1.82) is 0 Å². The number of aromatic nitrogens is 4. The molecule has 1 aliphatic heterocycles. The van der Waals surface area contributed by atoms with Gasteiger partial charge in [0.05, 0.1) is 38.7 Å². The third kappa shape index (κ3) is 4.08. The van der Waals surface area contributed by atoms with Gasteiger partial charge in [-0.1, -0.05) is 91.0 Å². The molecule has 0 atom stereocenters. The van der Waals surface area contributed by atoms with Crippen LogP contribution in [-0.2, 0) is 0 Å². The highest BCUT2D eigenvalue weighted by molar-refractivity contribution is 14.1. The summed E-state index contributed by atoms with van der Waals surface area (Å²) in [6.07, 6.45) is 0. The number of hydrogen-bond acceptors (Lipinski definition) is 3. The largest absolute Gasteiger partial charge is 0.456 e. The Morgan fingerprint density at radius 3 is 2.10 bits per heavy atom. The molecule has 0 aliphatic carbocycles. The highest BCUT2D eigenvalue weighted by Crippen LogP contribution is 2.47. The van der Waals surface area contributed by atoms with Gasteiger partial charge in [0, 0.05) is 36.4 Å². The van der Waals surface area contributed by atoms with Gasteiger partial charge in [-0.05, 0) is 101 Å². The Morgan fingerprint density at radius 1 is 0.529 bits per heavy atom. The fourth-order valence-electron chi connectivity index (χ4n) is 8.12. The Bertz CT molecular complexity index is 3100. The first-order chi connectivity index (χ1) is 25.1. The number of ether oxygens (including phenoxy) is 1. The fraction of sp³-hybridized carbons (Fsp3) is 0.0222. The molecule has 0 unspecified atom stereocenters. The molecule has 6 heteroatoms. The minimum Gasteiger partial charge on any atom is -0.456 e. The van der Waals surface area contributed by atoms with Crippen LogP contribution < -0.4 is 4.74 Å². The van der Waals surface area contributed by atoms with Crippen LogP contribution in [0, 0.1) is 10.5 Å². The summed E-state index contributed by atoms with van der Waals surface area (Å²) in [5, 5.41) is 5.63. The van der Waals surface area contributed by atoms with Gasteiger partial charge in [-0.25, -0.2) is 9.97 Å². The second kappa shape index (κ2) is 10.8. The Kier molecular flexibility index (Phi) is 6.07. The van der Waals surface area contributed by atoms with E-state index < -0.39 is 0 Å². The lowest BCUT2D eigenvalue weighted by Crippen LogP contribution is -2.06. The van der Waals surface area contributed by atoms with Crippen LogP contribution in [-0.4, -0.2) is 19.1 Å². The van der Waals surface area contributed by atoms with E-state index in [0.717, 1.165) is 66.8 Å². The van der Waals surface area contributed by atoms with Gasteiger partial charge in [0.1, 0.15) is 11.5 Å². The number of hydrogen-bond donors (Lipinski definition) is 0. The molecule has 10 aromatic rings. The van der Waals surface area contributed by atoms with Gasteiger partial charge < -0.3 is 9.30 Å². The fourth-order valence-corrected chi connectivity index (χ4v) is 8.91. The van der Waals surface area contributed by atoms with Gasteiger partial charge in [0.15, 0.2) is 0 Å². The highest BCUT2D eigenvalue weighted by Gasteiger charge is 2.26. The molecule has 7 aromatic carbocycles. The first-order valence-electron chi connectivity index (χ1n) is 17.0. The Balaban J connectivity index is 1.24. The topological polar surface area (TPSA) is 44.9 Å². The number of aryl methyl sites for hydroxylation is 1. The molecule has 11 rings (SSSR count). The van der Waals surface area contributed by atoms with E-state index in [-0.39, 0.29) is 0 Å². The van der Waals surface area contributed by atoms with E-state index in [0.29, 0.717) is 5.95 Å². The van der Waals surface area contributed by atoms with Gasteiger partial charge >= 0.3 is 0 Å². The summed E-state index contributed by atoms with van der Waals surface area (Å²) in [5.74, 6) is 2.22. The summed E-state index contributed by atoms with van der Waals surface area (Å²) in [6, 6.07) is 51.5. The van der Waals surface area contributed by atoms with Crippen LogP contribution in [0.25, 0.3) is 88.5 Å². The van der Waals surface area contributed by atoms with E-state index in [4.69, 9.17) is 14.7 Å². The molecule has 0 amide bonds. The summed E-state index contributed by atoms with van der Waals surface area (Å²) in [4.78, 5) is 10.7. The molecule has 0 N–H and O–H groups in total. The summed E-state index contributed by atoms with van der Waals surface area (Å²) in [5.41, 5.74) is 12.1. The average molecular weight is 767 g/mol. The van der Waals surface area contributed by atoms with Crippen molar-refractivity contribution in [2.75, 3.05) is 0 Å². The second-order valence-corrected chi connectivity index (χ2v) is 14.3. The number of rotatable bonds is 3. The predicted molar refractivity (Wildman–Crippen MR) is 217 cm³/mol. The van der Waals surface area contributed by atoms with Crippen molar-refractivity contribution < 1.29 is 4.74 Å². The van der Waals surface area contributed by atoms with Gasteiger partial charge in [-0.2, -0.15) is 0 Å². The van der Waals surface area contributed by atoms with Crippen LogP contribution in [0.3, 0.4) is 0 Å². The lowest BCUT2D eigenvalue weighted by Gasteiger charge is -2.21. The van der Waals surface area contributed by atoms with E-state index in [9.17, 15) is 0 Å². The molecule has 51 heavy (non-hydrogen) atoms. The lowest BCUT2D eigenvalue weighted by atomic mass is 10.0. The zero-order valence-corrected chi connectivity index (χ0v) is 29.6. The first-order valence-corrected chi connectivity index (χ1v) is 18.1. The van der Waals surface area contributed by atoms with Crippen molar-refractivity contribution in [3.8, 4) is 45.5 Å². The number of halogens is 1. The predicted octanol–water partition coefficient (Wildman–Crippen LogP) is 12.2. The quantitative estimate of drug-likeness (QED) is 0.168. The minimum atomic E-state index is 0.638.